The van der Waals surface area contributed by atoms with Gasteiger partial charge in [0.15, 0.2) is 0 Å². The highest BCUT2D eigenvalue weighted by Gasteiger charge is 2.29. The average Bonchev–Trinajstić information content (AvgIpc) is 2.86. The molecule has 2 N–H and O–H groups in total. The Morgan fingerprint density at radius 2 is 1.62 bits per heavy atom. The summed E-state index contributed by atoms with van der Waals surface area (Å²) in [5.41, 5.74) is 4.62. The number of carboxylic acid groups (broad SMARTS) is 1. The van der Waals surface area contributed by atoms with Gasteiger partial charge in [0.05, 0.1) is 6.42 Å². The Bertz CT molecular complexity index is 726. The number of fused-ring (bicyclic) bond motifs is 3. The smallest absolute Gasteiger partial charge is 0.407 e. The number of alkyl carbamates (subject to hydrolysis) is 1. The number of nitrogens with one attached hydrogen (secondary N) is 1. The van der Waals surface area contributed by atoms with Gasteiger partial charge < -0.3 is 15.2 Å². The third kappa shape index (κ3) is 3.25. The quantitative estimate of drug-likeness (QED) is 0.883. The van der Waals surface area contributed by atoms with E-state index in [1.165, 1.54) is 11.1 Å². The molecule has 1 amide bonds. The molecule has 0 fully saturated rings. The molecule has 1 atom stereocenters. The Hall–Kier alpha value is -2.82. The number of ether oxygens (including phenoxy) is 1. The standard InChI is InChI=1S/C19H19NO4/c1-12(10-18(21)22)20-19(23)24-11-17-15-8-4-2-6-13(15)14-7-3-5-9-16(14)17/h2-9,12,17H,10-11H2,1H3,(H,20,23)(H,21,22). The molecular formula is C19H19NO4. The Morgan fingerprint density at radius 3 is 2.17 bits per heavy atom. The second-order valence-electron chi connectivity index (χ2n) is 5.97. The molecule has 0 radical (unpaired) electrons. The summed E-state index contributed by atoms with van der Waals surface area (Å²) < 4.78 is 5.35. The minimum absolute atomic E-state index is 0.00192. The zero-order valence-electron chi connectivity index (χ0n) is 13.4. The number of hydrogen-bond acceptors (Lipinski definition) is 3. The van der Waals surface area contributed by atoms with E-state index in [0.29, 0.717) is 0 Å². The summed E-state index contributed by atoms with van der Waals surface area (Å²) >= 11 is 0. The predicted octanol–water partition coefficient (Wildman–Crippen LogP) is 3.39. The molecule has 0 bridgehead atoms. The molecule has 0 aromatic heterocycles. The van der Waals surface area contributed by atoms with Gasteiger partial charge in [0.25, 0.3) is 0 Å². The van der Waals surface area contributed by atoms with E-state index in [1.807, 2.05) is 36.4 Å². The first-order valence-electron chi connectivity index (χ1n) is 7.89. The van der Waals surface area contributed by atoms with Crippen LogP contribution in [0.25, 0.3) is 11.1 Å². The minimum Gasteiger partial charge on any atom is -0.481 e. The van der Waals surface area contributed by atoms with Gasteiger partial charge in [0.2, 0.25) is 0 Å². The predicted molar refractivity (Wildman–Crippen MR) is 89.9 cm³/mol. The second kappa shape index (κ2) is 6.74. The van der Waals surface area contributed by atoms with Crippen molar-refractivity contribution >= 4 is 12.1 Å². The first kappa shape index (κ1) is 16.1. The summed E-state index contributed by atoms with van der Waals surface area (Å²) in [4.78, 5) is 22.5. The van der Waals surface area contributed by atoms with Gasteiger partial charge in [-0.1, -0.05) is 48.5 Å². The van der Waals surface area contributed by atoms with E-state index in [4.69, 9.17) is 9.84 Å². The third-order valence-corrected chi connectivity index (χ3v) is 4.19. The monoisotopic (exact) mass is 325 g/mol. The summed E-state index contributed by atoms with van der Waals surface area (Å²) in [6.45, 7) is 1.86. The summed E-state index contributed by atoms with van der Waals surface area (Å²) in [6, 6.07) is 15.7. The van der Waals surface area contributed by atoms with Crippen molar-refractivity contribution in [2.24, 2.45) is 0 Å². The fourth-order valence-electron chi connectivity index (χ4n) is 3.15. The van der Waals surface area contributed by atoms with Gasteiger partial charge in [-0.25, -0.2) is 4.79 Å². The molecule has 1 unspecified atom stereocenters. The van der Waals surface area contributed by atoms with Crippen LogP contribution in [0.15, 0.2) is 48.5 Å². The van der Waals surface area contributed by atoms with Crippen LogP contribution in [0.4, 0.5) is 4.79 Å². The number of aliphatic carboxylic acids is 1. The number of rotatable bonds is 5. The second-order valence-corrected chi connectivity index (χ2v) is 5.97. The number of hydrogen-bond donors (Lipinski definition) is 2. The van der Waals surface area contributed by atoms with Crippen molar-refractivity contribution in [2.75, 3.05) is 6.61 Å². The largest absolute Gasteiger partial charge is 0.481 e. The highest BCUT2D eigenvalue weighted by atomic mass is 16.5. The molecule has 5 nitrogen and oxygen atoms in total. The van der Waals surface area contributed by atoms with E-state index < -0.39 is 18.1 Å². The van der Waals surface area contributed by atoms with Crippen LogP contribution in [0.2, 0.25) is 0 Å². The molecular weight excluding hydrogens is 306 g/mol. The molecule has 3 rings (SSSR count). The van der Waals surface area contributed by atoms with Crippen LogP contribution in [0.5, 0.6) is 0 Å². The van der Waals surface area contributed by atoms with Crippen LogP contribution >= 0.6 is 0 Å². The van der Waals surface area contributed by atoms with Gasteiger partial charge in [-0.2, -0.15) is 0 Å². The molecule has 24 heavy (non-hydrogen) atoms. The Labute approximate surface area is 140 Å². The molecule has 1 aliphatic rings. The van der Waals surface area contributed by atoms with E-state index in [1.54, 1.807) is 6.92 Å². The van der Waals surface area contributed by atoms with E-state index >= 15 is 0 Å². The SMILES string of the molecule is CC(CC(=O)O)NC(=O)OCC1c2ccccc2-c2ccccc21. The van der Waals surface area contributed by atoms with Gasteiger partial charge in [-0.15, -0.1) is 0 Å². The maximum Gasteiger partial charge on any atom is 0.407 e. The topological polar surface area (TPSA) is 75.6 Å². The van der Waals surface area contributed by atoms with Crippen molar-refractivity contribution in [3.05, 3.63) is 59.7 Å². The number of amides is 1. The highest BCUT2D eigenvalue weighted by molar-refractivity contribution is 5.79. The van der Waals surface area contributed by atoms with Crippen molar-refractivity contribution in [2.45, 2.75) is 25.3 Å². The van der Waals surface area contributed by atoms with Crippen molar-refractivity contribution in [3.8, 4) is 11.1 Å². The minimum atomic E-state index is -0.957. The van der Waals surface area contributed by atoms with Crippen molar-refractivity contribution < 1.29 is 19.4 Å². The lowest BCUT2D eigenvalue weighted by Gasteiger charge is -2.16. The highest BCUT2D eigenvalue weighted by Crippen LogP contribution is 2.44. The molecule has 2 aromatic rings. The zero-order chi connectivity index (χ0) is 17.1. The molecule has 124 valence electrons. The first-order chi connectivity index (χ1) is 11.6. The molecule has 0 saturated heterocycles. The van der Waals surface area contributed by atoms with Crippen molar-refractivity contribution in [3.63, 3.8) is 0 Å². The van der Waals surface area contributed by atoms with Crippen LogP contribution in [0.3, 0.4) is 0 Å². The number of carbonyl (C=O) groups is 2. The lowest BCUT2D eigenvalue weighted by molar-refractivity contribution is -0.137. The van der Waals surface area contributed by atoms with Crippen LogP contribution < -0.4 is 5.32 Å². The van der Waals surface area contributed by atoms with Gasteiger partial charge in [-0.05, 0) is 29.2 Å². The molecule has 0 saturated carbocycles. The maximum atomic E-state index is 11.9. The molecule has 0 spiro atoms. The zero-order valence-corrected chi connectivity index (χ0v) is 13.4. The van der Waals surface area contributed by atoms with E-state index in [2.05, 4.69) is 17.4 Å². The van der Waals surface area contributed by atoms with E-state index in [9.17, 15) is 9.59 Å². The van der Waals surface area contributed by atoms with Gasteiger partial charge >= 0.3 is 12.1 Å². The third-order valence-electron chi connectivity index (χ3n) is 4.19. The summed E-state index contributed by atoms with van der Waals surface area (Å²) in [6.07, 6.45) is -0.727. The fourth-order valence-corrected chi connectivity index (χ4v) is 3.15. The Kier molecular flexibility index (Phi) is 4.51. The number of carboxylic acids is 1. The van der Waals surface area contributed by atoms with Crippen molar-refractivity contribution in [1.29, 1.82) is 0 Å². The van der Waals surface area contributed by atoms with E-state index in [0.717, 1.165) is 11.1 Å². The van der Waals surface area contributed by atoms with Gasteiger partial charge in [0.1, 0.15) is 6.61 Å². The first-order valence-corrected chi connectivity index (χ1v) is 7.89. The summed E-state index contributed by atoms with van der Waals surface area (Å²) in [7, 11) is 0. The molecule has 0 heterocycles. The molecule has 5 heteroatoms. The lowest BCUT2D eigenvalue weighted by atomic mass is 9.98. The summed E-state index contributed by atoms with van der Waals surface area (Å²) in [5, 5.41) is 11.3. The van der Waals surface area contributed by atoms with Gasteiger partial charge in [-0.3, -0.25) is 4.79 Å². The Balaban J connectivity index is 1.69. The summed E-state index contributed by atoms with van der Waals surface area (Å²) in [5.74, 6) is -0.959. The maximum absolute atomic E-state index is 11.9. The van der Waals surface area contributed by atoms with Crippen LogP contribution in [0, 0.1) is 0 Å². The van der Waals surface area contributed by atoms with E-state index in [-0.39, 0.29) is 18.9 Å². The van der Waals surface area contributed by atoms with Crippen LogP contribution in [-0.2, 0) is 9.53 Å². The molecule has 2 aromatic carbocycles. The Morgan fingerprint density at radius 1 is 1.08 bits per heavy atom. The number of carbonyl (C=O) groups excluding carboxylic acids is 1. The molecule has 0 aliphatic heterocycles. The normalized spacial score (nSPS) is 13.7. The van der Waals surface area contributed by atoms with Crippen LogP contribution in [-0.4, -0.2) is 29.8 Å². The van der Waals surface area contributed by atoms with Gasteiger partial charge in [0, 0.05) is 12.0 Å². The van der Waals surface area contributed by atoms with Crippen LogP contribution in [0.1, 0.15) is 30.4 Å². The lowest BCUT2D eigenvalue weighted by Crippen LogP contribution is -2.35. The fraction of sp³-hybridized carbons (Fsp3) is 0.263. The molecule has 1 aliphatic carbocycles. The number of benzene rings is 2. The van der Waals surface area contributed by atoms with Crippen molar-refractivity contribution in [1.82, 2.24) is 5.32 Å². The average molecular weight is 325 g/mol.